The van der Waals surface area contributed by atoms with E-state index in [1.54, 1.807) is 0 Å². The van der Waals surface area contributed by atoms with Gasteiger partial charge in [-0.05, 0) is 30.5 Å². The van der Waals surface area contributed by atoms with Crippen LogP contribution in [0.25, 0.3) is 0 Å². The van der Waals surface area contributed by atoms with Crippen LogP contribution in [0.3, 0.4) is 0 Å². The summed E-state index contributed by atoms with van der Waals surface area (Å²) in [5, 5.41) is 0. The maximum Gasteiger partial charge on any atom is 0.403 e. The van der Waals surface area contributed by atoms with Crippen molar-refractivity contribution in [2.24, 2.45) is 5.73 Å². The van der Waals surface area contributed by atoms with E-state index in [0.717, 1.165) is 24.3 Å². The molecule has 0 saturated carbocycles. The van der Waals surface area contributed by atoms with E-state index in [1.807, 2.05) is 24.3 Å². The minimum atomic E-state index is -4.31. The Bertz CT molecular complexity index is 413. The number of anilines is 1. The second kappa shape index (κ2) is 6.45. The van der Waals surface area contributed by atoms with Crippen LogP contribution < -0.4 is 10.6 Å². The van der Waals surface area contributed by atoms with E-state index in [4.69, 9.17) is 10.5 Å². The Kier molecular flexibility index (Phi) is 4.88. The molecule has 20 heavy (non-hydrogen) atoms. The van der Waals surface area contributed by atoms with Crippen molar-refractivity contribution in [1.82, 2.24) is 0 Å². The molecule has 0 aliphatic carbocycles. The first-order chi connectivity index (χ1) is 9.47. The molecule has 1 atom stereocenters. The van der Waals surface area contributed by atoms with Crippen molar-refractivity contribution in [2.75, 3.05) is 31.2 Å². The van der Waals surface area contributed by atoms with Crippen LogP contribution in [-0.2, 0) is 11.2 Å². The van der Waals surface area contributed by atoms with Crippen molar-refractivity contribution >= 4 is 5.69 Å². The van der Waals surface area contributed by atoms with Gasteiger partial charge in [0, 0.05) is 18.8 Å². The Labute approximate surface area is 116 Å². The third-order valence-electron chi connectivity index (χ3n) is 3.48. The Morgan fingerprint density at radius 2 is 1.75 bits per heavy atom. The van der Waals surface area contributed by atoms with Crippen LogP contribution in [0.2, 0.25) is 0 Å². The summed E-state index contributed by atoms with van der Waals surface area (Å²) in [6.07, 6.45) is -4.06. The number of hydrogen-bond acceptors (Lipinski definition) is 3. The zero-order valence-electron chi connectivity index (χ0n) is 11.2. The highest BCUT2D eigenvalue weighted by Crippen LogP contribution is 2.23. The van der Waals surface area contributed by atoms with Crippen LogP contribution in [0.1, 0.15) is 12.0 Å². The largest absolute Gasteiger partial charge is 0.403 e. The van der Waals surface area contributed by atoms with Crippen molar-refractivity contribution < 1.29 is 17.9 Å². The highest BCUT2D eigenvalue weighted by atomic mass is 19.4. The van der Waals surface area contributed by atoms with Gasteiger partial charge in [-0.3, -0.25) is 0 Å². The topological polar surface area (TPSA) is 38.5 Å². The van der Waals surface area contributed by atoms with Gasteiger partial charge in [0.25, 0.3) is 0 Å². The van der Waals surface area contributed by atoms with Gasteiger partial charge in [-0.25, -0.2) is 0 Å². The molecular weight excluding hydrogens is 269 g/mol. The van der Waals surface area contributed by atoms with Crippen molar-refractivity contribution in [1.29, 1.82) is 0 Å². The van der Waals surface area contributed by atoms with Crippen molar-refractivity contribution in [3.63, 3.8) is 0 Å². The summed E-state index contributed by atoms with van der Waals surface area (Å²) in [6.45, 7) is 3.11. The normalized spacial score (nSPS) is 18.1. The molecule has 6 heteroatoms. The highest BCUT2D eigenvalue weighted by Gasteiger charge is 2.35. The maximum atomic E-state index is 12.3. The van der Waals surface area contributed by atoms with Crippen molar-refractivity contribution in [3.05, 3.63) is 29.8 Å². The van der Waals surface area contributed by atoms with E-state index < -0.39 is 12.2 Å². The van der Waals surface area contributed by atoms with E-state index in [0.29, 0.717) is 19.6 Å². The van der Waals surface area contributed by atoms with E-state index in [1.165, 1.54) is 0 Å². The molecule has 2 N–H and O–H groups in total. The Morgan fingerprint density at radius 3 is 2.30 bits per heavy atom. The monoisotopic (exact) mass is 288 g/mol. The molecule has 1 heterocycles. The van der Waals surface area contributed by atoms with Crippen molar-refractivity contribution in [2.45, 2.75) is 25.1 Å². The van der Waals surface area contributed by atoms with Gasteiger partial charge >= 0.3 is 6.18 Å². The quantitative estimate of drug-likeness (QED) is 0.924. The summed E-state index contributed by atoms with van der Waals surface area (Å²) in [5.74, 6) is 0. The zero-order chi connectivity index (χ0) is 14.6. The average molecular weight is 288 g/mol. The number of alkyl halides is 3. The summed E-state index contributed by atoms with van der Waals surface area (Å²) < 4.78 is 42.2. The lowest BCUT2D eigenvalue weighted by Gasteiger charge is -2.29. The molecule has 1 saturated heterocycles. The lowest BCUT2D eigenvalue weighted by molar-refractivity contribution is -0.148. The number of aryl methyl sites for hydroxylation is 1. The Balaban J connectivity index is 1.88. The van der Waals surface area contributed by atoms with Gasteiger partial charge in [0.05, 0.1) is 13.2 Å². The third kappa shape index (κ3) is 4.11. The lowest BCUT2D eigenvalue weighted by atomic mass is 10.0. The summed E-state index contributed by atoms with van der Waals surface area (Å²) in [6, 6.07) is 5.88. The van der Waals surface area contributed by atoms with Crippen LogP contribution >= 0.6 is 0 Å². The molecule has 1 aromatic carbocycles. The molecule has 0 radical (unpaired) electrons. The molecule has 0 aromatic heterocycles. The number of hydrogen-bond donors (Lipinski definition) is 1. The predicted octanol–water partition coefficient (Wildman–Crippen LogP) is 2.35. The minimum absolute atomic E-state index is 0.0829. The number of benzene rings is 1. The standard InChI is InChI=1S/C14H19F3N2O/c15-14(16,17)13(18)6-3-11-1-4-12(5-2-11)19-7-9-20-10-8-19/h1-2,4-5,13H,3,6-10,18H2. The van der Waals surface area contributed by atoms with E-state index >= 15 is 0 Å². The molecule has 1 aliphatic heterocycles. The SMILES string of the molecule is NC(CCc1ccc(N2CCOCC2)cc1)C(F)(F)F. The first-order valence-corrected chi connectivity index (χ1v) is 6.71. The van der Waals surface area contributed by atoms with Gasteiger partial charge in [0.15, 0.2) is 0 Å². The number of morpholine rings is 1. The molecule has 1 fully saturated rings. The van der Waals surface area contributed by atoms with Crippen LogP contribution in [-0.4, -0.2) is 38.5 Å². The molecule has 1 aromatic rings. The maximum absolute atomic E-state index is 12.3. The number of nitrogens with zero attached hydrogens (tertiary/aromatic N) is 1. The van der Waals surface area contributed by atoms with Crippen molar-refractivity contribution in [3.8, 4) is 0 Å². The summed E-state index contributed by atoms with van der Waals surface area (Å²) >= 11 is 0. The molecule has 1 unspecified atom stereocenters. The number of nitrogens with two attached hydrogens (primary N) is 1. The fourth-order valence-corrected chi connectivity index (χ4v) is 2.18. The predicted molar refractivity (Wildman–Crippen MR) is 71.8 cm³/mol. The van der Waals surface area contributed by atoms with Gasteiger partial charge in [-0.2, -0.15) is 13.2 Å². The average Bonchev–Trinajstić information content (AvgIpc) is 2.45. The van der Waals surface area contributed by atoms with E-state index in [2.05, 4.69) is 4.90 Å². The second-order valence-corrected chi connectivity index (χ2v) is 4.95. The van der Waals surface area contributed by atoms with E-state index in [9.17, 15) is 13.2 Å². The van der Waals surface area contributed by atoms with Gasteiger partial charge in [-0.1, -0.05) is 12.1 Å². The molecule has 2 rings (SSSR count). The fourth-order valence-electron chi connectivity index (χ4n) is 2.18. The zero-order valence-corrected chi connectivity index (χ0v) is 11.2. The number of ether oxygens (including phenoxy) is 1. The Hall–Kier alpha value is -1.27. The van der Waals surface area contributed by atoms with Gasteiger partial charge in [-0.15, -0.1) is 0 Å². The summed E-state index contributed by atoms with van der Waals surface area (Å²) in [5.41, 5.74) is 7.06. The van der Waals surface area contributed by atoms with Gasteiger partial charge in [0.2, 0.25) is 0 Å². The smallest absolute Gasteiger partial charge is 0.378 e. The van der Waals surface area contributed by atoms with Gasteiger partial charge < -0.3 is 15.4 Å². The van der Waals surface area contributed by atoms with Crippen LogP contribution in [0, 0.1) is 0 Å². The summed E-state index contributed by atoms with van der Waals surface area (Å²) in [7, 11) is 0. The molecular formula is C14H19F3N2O. The molecule has 0 bridgehead atoms. The van der Waals surface area contributed by atoms with Crippen LogP contribution in [0.5, 0.6) is 0 Å². The first-order valence-electron chi connectivity index (χ1n) is 6.71. The fraction of sp³-hybridized carbons (Fsp3) is 0.571. The Morgan fingerprint density at radius 1 is 1.15 bits per heavy atom. The first kappa shape index (κ1) is 15.1. The molecule has 0 spiro atoms. The second-order valence-electron chi connectivity index (χ2n) is 4.95. The molecule has 1 aliphatic rings. The number of halogens is 3. The van der Waals surface area contributed by atoms with Gasteiger partial charge in [0.1, 0.15) is 6.04 Å². The van der Waals surface area contributed by atoms with Crippen LogP contribution in [0.15, 0.2) is 24.3 Å². The molecule has 112 valence electrons. The van der Waals surface area contributed by atoms with Crippen LogP contribution in [0.4, 0.5) is 18.9 Å². The molecule has 0 amide bonds. The third-order valence-corrected chi connectivity index (χ3v) is 3.48. The minimum Gasteiger partial charge on any atom is -0.378 e. The highest BCUT2D eigenvalue weighted by molar-refractivity contribution is 5.47. The number of rotatable bonds is 4. The lowest BCUT2D eigenvalue weighted by Crippen LogP contribution is -2.37. The summed E-state index contributed by atoms with van der Waals surface area (Å²) in [4.78, 5) is 2.20. The molecule has 3 nitrogen and oxygen atoms in total. The van der Waals surface area contributed by atoms with E-state index in [-0.39, 0.29) is 6.42 Å².